The maximum atomic E-state index is 12.4. The minimum absolute atomic E-state index is 0.145. The van der Waals surface area contributed by atoms with Crippen LogP contribution in [-0.4, -0.2) is 73.4 Å². The molecule has 1 atom stereocenters. The first-order valence-electron chi connectivity index (χ1n) is 10.3. The smallest absolute Gasteiger partial charge is 0.320 e. The molecule has 2 aliphatic rings. The van der Waals surface area contributed by atoms with Crippen molar-refractivity contribution in [3.63, 3.8) is 0 Å². The van der Waals surface area contributed by atoms with Gasteiger partial charge in [-0.15, -0.1) is 0 Å². The van der Waals surface area contributed by atoms with Gasteiger partial charge in [0, 0.05) is 31.2 Å². The summed E-state index contributed by atoms with van der Waals surface area (Å²) in [6.07, 6.45) is 5.27. The zero-order valence-corrected chi connectivity index (χ0v) is 17.9. The molecule has 1 unspecified atom stereocenters. The number of aromatic nitrogens is 2. The number of likely N-dealkylation sites (N-methyl/N-ethyl adjacent to an activating group) is 1. The van der Waals surface area contributed by atoms with Crippen molar-refractivity contribution >= 4 is 29.1 Å². The van der Waals surface area contributed by atoms with Crippen LogP contribution in [0.25, 0.3) is 11.3 Å². The van der Waals surface area contributed by atoms with Gasteiger partial charge in [0.1, 0.15) is 0 Å². The van der Waals surface area contributed by atoms with Gasteiger partial charge >= 0.3 is 6.03 Å². The number of hydrogen-bond donors (Lipinski definition) is 2. The van der Waals surface area contributed by atoms with Crippen LogP contribution in [0, 0.1) is 0 Å². The zero-order chi connectivity index (χ0) is 20.9. The van der Waals surface area contributed by atoms with Gasteiger partial charge in [-0.05, 0) is 38.6 Å². The Morgan fingerprint density at radius 2 is 2.07 bits per heavy atom. The highest BCUT2D eigenvalue weighted by molar-refractivity contribution is 6.33. The van der Waals surface area contributed by atoms with Crippen molar-refractivity contribution in [1.29, 1.82) is 0 Å². The van der Waals surface area contributed by atoms with E-state index in [4.69, 9.17) is 16.3 Å². The summed E-state index contributed by atoms with van der Waals surface area (Å²) in [6.45, 7) is 4.98. The molecule has 0 spiro atoms. The molecule has 2 saturated heterocycles. The van der Waals surface area contributed by atoms with Gasteiger partial charge in [-0.25, -0.2) is 9.78 Å². The van der Waals surface area contributed by atoms with E-state index in [1.54, 1.807) is 12.4 Å². The second kappa shape index (κ2) is 9.59. The molecule has 30 heavy (non-hydrogen) atoms. The van der Waals surface area contributed by atoms with Gasteiger partial charge < -0.3 is 19.9 Å². The summed E-state index contributed by atoms with van der Waals surface area (Å²) in [7, 11) is 2.07. The van der Waals surface area contributed by atoms with Crippen LogP contribution in [0.5, 0.6) is 0 Å². The highest BCUT2D eigenvalue weighted by Crippen LogP contribution is 2.31. The average molecular weight is 431 g/mol. The number of amides is 2. The summed E-state index contributed by atoms with van der Waals surface area (Å²) in [5.74, 6) is 0.405. The van der Waals surface area contributed by atoms with Crippen molar-refractivity contribution in [2.75, 3.05) is 56.7 Å². The van der Waals surface area contributed by atoms with E-state index >= 15 is 0 Å². The molecule has 2 aromatic rings. The Balaban J connectivity index is 1.42. The third-order valence-electron chi connectivity index (χ3n) is 5.43. The van der Waals surface area contributed by atoms with Gasteiger partial charge in [0.15, 0.2) is 5.82 Å². The molecule has 0 saturated carbocycles. The zero-order valence-electron chi connectivity index (χ0n) is 17.1. The molecule has 2 N–H and O–H groups in total. The molecule has 0 bridgehead atoms. The van der Waals surface area contributed by atoms with Crippen LogP contribution >= 0.6 is 11.6 Å². The van der Waals surface area contributed by atoms with E-state index < -0.39 is 0 Å². The fourth-order valence-corrected chi connectivity index (χ4v) is 4.21. The predicted molar refractivity (Wildman–Crippen MR) is 118 cm³/mol. The van der Waals surface area contributed by atoms with Crippen LogP contribution in [0.3, 0.4) is 0 Å². The van der Waals surface area contributed by atoms with E-state index in [9.17, 15) is 4.79 Å². The second-order valence-electron chi connectivity index (χ2n) is 7.76. The highest BCUT2D eigenvalue weighted by atomic mass is 35.5. The molecular formula is C21H27ClN6O2. The lowest BCUT2D eigenvalue weighted by Gasteiger charge is -2.30. The van der Waals surface area contributed by atoms with Crippen molar-refractivity contribution in [2.45, 2.75) is 18.9 Å². The molecule has 4 rings (SSSR count). The number of nitrogens with zero attached hydrogens (tertiary/aromatic N) is 4. The molecule has 8 nitrogen and oxygen atoms in total. The quantitative estimate of drug-likeness (QED) is 0.776. The van der Waals surface area contributed by atoms with Crippen molar-refractivity contribution in [2.24, 2.45) is 0 Å². The normalized spacial score (nSPS) is 20.1. The minimum Gasteiger partial charge on any atom is -0.378 e. The molecule has 2 amide bonds. The van der Waals surface area contributed by atoms with Gasteiger partial charge in [0.2, 0.25) is 0 Å². The maximum absolute atomic E-state index is 12.4. The Bertz CT molecular complexity index is 890. The van der Waals surface area contributed by atoms with Crippen molar-refractivity contribution < 1.29 is 9.53 Å². The lowest BCUT2D eigenvalue weighted by atomic mass is 10.1. The van der Waals surface area contributed by atoms with Crippen LogP contribution in [0.15, 0.2) is 30.6 Å². The highest BCUT2D eigenvalue weighted by Gasteiger charge is 2.19. The summed E-state index contributed by atoms with van der Waals surface area (Å²) in [4.78, 5) is 25.6. The van der Waals surface area contributed by atoms with Crippen molar-refractivity contribution in [3.05, 3.63) is 35.6 Å². The van der Waals surface area contributed by atoms with E-state index in [0.717, 1.165) is 50.3 Å². The summed E-state index contributed by atoms with van der Waals surface area (Å²) in [5.41, 5.74) is 2.49. The summed E-state index contributed by atoms with van der Waals surface area (Å²) < 4.78 is 5.41. The van der Waals surface area contributed by atoms with Gasteiger partial charge in [-0.3, -0.25) is 10.3 Å². The maximum Gasteiger partial charge on any atom is 0.320 e. The topological polar surface area (TPSA) is 82.6 Å². The van der Waals surface area contributed by atoms with Crippen LogP contribution < -0.4 is 15.5 Å². The number of hydrogen-bond acceptors (Lipinski definition) is 6. The fourth-order valence-electron chi connectivity index (χ4n) is 3.91. The standard InChI is InChI=1S/C21H27ClN6O2/c1-27-6-2-3-16(14-27)24-21(29)26-20-13-23-12-18(25-20)15-4-5-19(17(22)11-15)28-7-9-30-10-8-28/h4-5,11-13,16H,2-3,6-10,14H2,1H3,(H2,24,25,26,29). The molecule has 9 heteroatoms. The van der Waals surface area contributed by atoms with Crippen molar-refractivity contribution in [1.82, 2.24) is 20.2 Å². The molecule has 1 aromatic carbocycles. The number of halogens is 1. The number of morpholine rings is 1. The first kappa shape index (κ1) is 20.8. The number of nitrogens with one attached hydrogen (secondary N) is 2. The number of piperidine rings is 1. The third-order valence-corrected chi connectivity index (χ3v) is 5.73. The van der Waals surface area contributed by atoms with Gasteiger partial charge in [0.05, 0.1) is 42.0 Å². The van der Waals surface area contributed by atoms with Crippen LogP contribution in [-0.2, 0) is 4.74 Å². The van der Waals surface area contributed by atoms with E-state index in [1.165, 1.54) is 0 Å². The fraction of sp³-hybridized carbons (Fsp3) is 0.476. The van der Waals surface area contributed by atoms with Gasteiger partial charge in [-0.2, -0.15) is 0 Å². The van der Waals surface area contributed by atoms with Crippen LogP contribution in [0.4, 0.5) is 16.3 Å². The molecule has 0 radical (unpaired) electrons. The second-order valence-corrected chi connectivity index (χ2v) is 8.16. The van der Waals surface area contributed by atoms with Crippen LogP contribution in [0.2, 0.25) is 5.02 Å². The summed E-state index contributed by atoms with van der Waals surface area (Å²) in [5, 5.41) is 6.47. The van der Waals surface area contributed by atoms with E-state index in [-0.39, 0.29) is 12.1 Å². The van der Waals surface area contributed by atoms with E-state index in [1.807, 2.05) is 18.2 Å². The first-order valence-corrected chi connectivity index (χ1v) is 10.7. The molecule has 160 valence electrons. The van der Waals surface area contributed by atoms with Crippen molar-refractivity contribution in [3.8, 4) is 11.3 Å². The number of carbonyl (C=O) groups excluding carboxylic acids is 1. The van der Waals surface area contributed by atoms with E-state index in [0.29, 0.717) is 29.7 Å². The van der Waals surface area contributed by atoms with E-state index in [2.05, 4.69) is 37.4 Å². The monoisotopic (exact) mass is 430 g/mol. The number of rotatable bonds is 4. The SMILES string of the molecule is CN1CCCC(NC(=O)Nc2cncc(-c3ccc(N4CCOCC4)c(Cl)c3)n2)C1. The van der Waals surface area contributed by atoms with Gasteiger partial charge in [0.25, 0.3) is 0 Å². The Morgan fingerprint density at radius 3 is 2.83 bits per heavy atom. The molecule has 2 aliphatic heterocycles. The van der Waals surface area contributed by atoms with Gasteiger partial charge in [-0.1, -0.05) is 17.7 Å². The first-order chi connectivity index (χ1) is 14.6. The molecule has 0 aliphatic carbocycles. The average Bonchev–Trinajstić information content (AvgIpc) is 2.74. The number of ether oxygens (including phenoxy) is 1. The molecule has 2 fully saturated rings. The lowest BCUT2D eigenvalue weighted by Crippen LogP contribution is -2.47. The number of anilines is 2. The number of carbonyl (C=O) groups is 1. The Morgan fingerprint density at radius 1 is 1.23 bits per heavy atom. The summed E-state index contributed by atoms with van der Waals surface area (Å²) >= 11 is 6.54. The Kier molecular flexibility index (Phi) is 6.66. The summed E-state index contributed by atoms with van der Waals surface area (Å²) in [6, 6.07) is 5.74. The molecule has 3 heterocycles. The number of urea groups is 1. The number of likely N-dealkylation sites (tertiary alicyclic amines) is 1. The van der Waals surface area contributed by atoms with Crippen LogP contribution in [0.1, 0.15) is 12.8 Å². The third kappa shape index (κ3) is 5.19. The largest absolute Gasteiger partial charge is 0.378 e. The Labute approximate surface area is 181 Å². The Hall–Kier alpha value is -2.42. The lowest BCUT2D eigenvalue weighted by molar-refractivity contribution is 0.122. The minimum atomic E-state index is -0.262. The predicted octanol–water partition coefficient (Wildman–Crippen LogP) is 2.85. The molecular weight excluding hydrogens is 404 g/mol. The molecule has 1 aromatic heterocycles. The number of benzene rings is 1.